The van der Waals surface area contributed by atoms with Crippen LogP contribution in [0.5, 0.6) is 0 Å². The van der Waals surface area contributed by atoms with Crippen LogP contribution in [0.4, 0.5) is 0 Å². The van der Waals surface area contributed by atoms with Gasteiger partial charge in [0.15, 0.2) is 0 Å². The molecule has 0 bridgehead atoms. The molecular weight excluding hydrogens is 200 g/mol. The molecule has 4 nitrogen and oxygen atoms in total. The Morgan fingerprint density at radius 3 is 3.07 bits per heavy atom. The van der Waals surface area contributed by atoms with Crippen LogP contribution in [-0.4, -0.2) is 27.8 Å². The molecule has 1 aromatic heterocycles. The average molecular weight is 207 g/mol. The maximum Gasteiger partial charge on any atom is 0.100 e. The Morgan fingerprint density at radius 1 is 1.64 bits per heavy atom. The molecule has 0 N–H and O–H groups in total. The first-order valence-corrected chi connectivity index (χ1v) is 5.08. The van der Waals surface area contributed by atoms with E-state index in [2.05, 4.69) is 9.98 Å². The lowest BCUT2D eigenvalue weighted by Crippen LogP contribution is -2.34. The first kappa shape index (κ1) is 9.21. The van der Waals surface area contributed by atoms with Crippen molar-refractivity contribution in [3.63, 3.8) is 0 Å². The number of carbonyl (C=O) groups is 1. The molecule has 0 fully saturated rings. The zero-order chi connectivity index (χ0) is 9.97. The molecule has 2 heterocycles. The van der Waals surface area contributed by atoms with Crippen LogP contribution in [0.3, 0.4) is 0 Å². The highest BCUT2D eigenvalue weighted by Crippen LogP contribution is 2.22. The van der Waals surface area contributed by atoms with Crippen molar-refractivity contribution in [3.8, 4) is 0 Å². The van der Waals surface area contributed by atoms with Gasteiger partial charge in [-0.3, -0.25) is 9.98 Å². The number of hydrogen-bond acceptors (Lipinski definition) is 5. The van der Waals surface area contributed by atoms with Crippen LogP contribution in [0, 0.1) is 0 Å². The number of pyridine rings is 1. The molecule has 1 aliphatic heterocycles. The Kier molecular flexibility index (Phi) is 2.49. The van der Waals surface area contributed by atoms with Crippen molar-refractivity contribution in [3.05, 3.63) is 30.1 Å². The van der Waals surface area contributed by atoms with E-state index in [1.165, 1.54) is 11.8 Å². The molecule has 2 rings (SSSR count). The smallest absolute Gasteiger partial charge is 0.100 e. The van der Waals surface area contributed by atoms with Crippen LogP contribution in [0.25, 0.3) is 0 Å². The van der Waals surface area contributed by atoms with Crippen molar-refractivity contribution >= 4 is 22.8 Å². The van der Waals surface area contributed by atoms with Crippen molar-refractivity contribution < 1.29 is 9.90 Å². The second kappa shape index (κ2) is 3.79. The lowest BCUT2D eigenvalue weighted by Gasteiger charge is -2.04. The first-order chi connectivity index (χ1) is 6.77. The second-order valence-electron chi connectivity index (χ2n) is 2.82. The van der Waals surface area contributed by atoms with E-state index in [1.807, 2.05) is 6.07 Å². The van der Waals surface area contributed by atoms with Crippen molar-refractivity contribution in [1.82, 2.24) is 4.98 Å². The summed E-state index contributed by atoms with van der Waals surface area (Å²) < 4.78 is 0. The Labute approximate surface area is 85.1 Å². The van der Waals surface area contributed by atoms with Gasteiger partial charge in [0.1, 0.15) is 11.1 Å². The Bertz CT molecular complexity index is 378. The molecule has 1 unspecified atom stereocenters. The number of rotatable bonds is 2. The molecule has 5 heteroatoms. The van der Waals surface area contributed by atoms with Gasteiger partial charge >= 0.3 is 0 Å². The summed E-state index contributed by atoms with van der Waals surface area (Å²) in [5.74, 6) is -0.664. The standard InChI is InChI=1S/C9H8N2O2S/c12-9(13)7-5-14-8(11-7)6-2-1-3-10-4-6/h1-4,7H,5H2,(H,12,13)/p-1. The zero-order valence-electron chi connectivity index (χ0n) is 7.21. The summed E-state index contributed by atoms with van der Waals surface area (Å²) in [5, 5.41) is 11.3. The molecule has 1 aliphatic rings. The van der Waals surface area contributed by atoms with E-state index in [0.717, 1.165) is 10.6 Å². The normalized spacial score (nSPS) is 20.6. The summed E-state index contributed by atoms with van der Waals surface area (Å²) in [4.78, 5) is 18.5. The SMILES string of the molecule is O=C([O-])C1CSC(c2cccnc2)=N1. The highest BCUT2D eigenvalue weighted by molar-refractivity contribution is 8.14. The Hall–Kier alpha value is -1.36. The molecule has 0 spiro atoms. The van der Waals surface area contributed by atoms with Crippen molar-refractivity contribution in [2.75, 3.05) is 5.75 Å². The van der Waals surface area contributed by atoms with E-state index in [0.29, 0.717) is 5.75 Å². The minimum Gasteiger partial charge on any atom is -0.548 e. The van der Waals surface area contributed by atoms with Crippen LogP contribution >= 0.6 is 11.8 Å². The van der Waals surface area contributed by atoms with Crippen LogP contribution in [0.15, 0.2) is 29.5 Å². The molecule has 0 aliphatic carbocycles. The highest BCUT2D eigenvalue weighted by Gasteiger charge is 2.19. The summed E-state index contributed by atoms with van der Waals surface area (Å²) in [6, 6.07) is 2.94. The highest BCUT2D eigenvalue weighted by atomic mass is 32.2. The maximum absolute atomic E-state index is 10.5. The molecule has 1 aromatic rings. The fourth-order valence-electron chi connectivity index (χ4n) is 1.14. The molecule has 14 heavy (non-hydrogen) atoms. The van der Waals surface area contributed by atoms with E-state index in [1.54, 1.807) is 18.5 Å². The number of thioether (sulfide) groups is 1. The number of aliphatic carboxylic acids is 1. The number of aromatic nitrogens is 1. The maximum atomic E-state index is 10.5. The van der Waals surface area contributed by atoms with Crippen LogP contribution in [0.1, 0.15) is 5.56 Å². The summed E-state index contributed by atoms with van der Waals surface area (Å²) in [5.41, 5.74) is 0.862. The Balaban J connectivity index is 2.22. The molecule has 0 amide bonds. The van der Waals surface area contributed by atoms with Gasteiger partial charge in [0, 0.05) is 23.7 Å². The molecule has 72 valence electrons. The second-order valence-corrected chi connectivity index (χ2v) is 3.83. The van der Waals surface area contributed by atoms with E-state index in [4.69, 9.17) is 0 Å². The molecule has 0 saturated carbocycles. The van der Waals surface area contributed by atoms with Gasteiger partial charge in [-0.2, -0.15) is 0 Å². The van der Waals surface area contributed by atoms with Gasteiger partial charge in [-0.05, 0) is 12.1 Å². The predicted molar refractivity (Wildman–Crippen MR) is 52.0 cm³/mol. The molecule has 0 saturated heterocycles. The molecule has 1 atom stereocenters. The van der Waals surface area contributed by atoms with Crippen LogP contribution in [-0.2, 0) is 4.79 Å². The fraction of sp³-hybridized carbons (Fsp3) is 0.222. The third-order valence-electron chi connectivity index (χ3n) is 1.83. The van der Waals surface area contributed by atoms with Gasteiger partial charge < -0.3 is 9.90 Å². The van der Waals surface area contributed by atoms with Gasteiger partial charge in [0.2, 0.25) is 0 Å². The van der Waals surface area contributed by atoms with Crippen LogP contribution in [0.2, 0.25) is 0 Å². The summed E-state index contributed by atoms with van der Waals surface area (Å²) >= 11 is 1.42. The third kappa shape index (κ3) is 1.77. The zero-order valence-corrected chi connectivity index (χ0v) is 8.03. The monoisotopic (exact) mass is 207 g/mol. The van der Waals surface area contributed by atoms with Crippen molar-refractivity contribution in [1.29, 1.82) is 0 Å². The molecular formula is C9H7N2O2S-. The van der Waals surface area contributed by atoms with E-state index in [-0.39, 0.29) is 0 Å². The van der Waals surface area contributed by atoms with Gasteiger partial charge in [0.05, 0.1) is 5.97 Å². The molecule has 0 radical (unpaired) electrons. The minimum absolute atomic E-state index is 0.451. The van der Waals surface area contributed by atoms with E-state index in [9.17, 15) is 9.90 Å². The largest absolute Gasteiger partial charge is 0.548 e. The third-order valence-corrected chi connectivity index (χ3v) is 2.93. The number of carboxylic acids is 1. The minimum atomic E-state index is -1.11. The number of carbonyl (C=O) groups excluding carboxylic acids is 1. The summed E-state index contributed by atoms with van der Waals surface area (Å²) in [7, 11) is 0. The fourth-order valence-corrected chi connectivity index (χ4v) is 2.16. The topological polar surface area (TPSA) is 65.4 Å². The molecule has 0 aromatic carbocycles. The van der Waals surface area contributed by atoms with Gasteiger partial charge in [0.25, 0.3) is 0 Å². The van der Waals surface area contributed by atoms with Gasteiger partial charge in [-0.15, -0.1) is 11.8 Å². The summed E-state index contributed by atoms with van der Waals surface area (Å²) in [6.07, 6.45) is 3.34. The Morgan fingerprint density at radius 2 is 2.50 bits per heavy atom. The number of hydrogen-bond donors (Lipinski definition) is 0. The van der Waals surface area contributed by atoms with Crippen molar-refractivity contribution in [2.45, 2.75) is 6.04 Å². The predicted octanol–water partition coefficient (Wildman–Crippen LogP) is -0.307. The van der Waals surface area contributed by atoms with E-state index >= 15 is 0 Å². The lowest BCUT2D eigenvalue weighted by molar-refractivity contribution is -0.306. The quantitative estimate of drug-likeness (QED) is 0.667. The van der Waals surface area contributed by atoms with Crippen molar-refractivity contribution in [2.24, 2.45) is 4.99 Å². The summed E-state index contributed by atoms with van der Waals surface area (Å²) in [6.45, 7) is 0. The number of carboxylic acid groups (broad SMARTS) is 1. The number of nitrogens with zero attached hydrogens (tertiary/aromatic N) is 2. The number of aliphatic imine (C=N–C) groups is 1. The lowest BCUT2D eigenvalue weighted by atomic mass is 10.3. The first-order valence-electron chi connectivity index (χ1n) is 4.09. The van der Waals surface area contributed by atoms with E-state index < -0.39 is 12.0 Å². The van der Waals surface area contributed by atoms with Crippen LogP contribution < -0.4 is 5.11 Å². The average Bonchev–Trinajstić information content (AvgIpc) is 2.68. The van der Waals surface area contributed by atoms with Gasteiger partial charge in [-0.1, -0.05) is 0 Å². The van der Waals surface area contributed by atoms with Gasteiger partial charge in [-0.25, -0.2) is 0 Å².